The van der Waals surface area contributed by atoms with Gasteiger partial charge in [-0.15, -0.1) is 0 Å². The summed E-state index contributed by atoms with van der Waals surface area (Å²) in [5.41, 5.74) is 2.99. The van der Waals surface area contributed by atoms with E-state index in [1.54, 1.807) is 7.11 Å². The topological polar surface area (TPSA) is 77.1 Å². The van der Waals surface area contributed by atoms with Gasteiger partial charge < -0.3 is 24.4 Å². The Hall–Kier alpha value is -3.06. The van der Waals surface area contributed by atoms with Crippen LogP contribution in [0.5, 0.6) is 5.75 Å². The van der Waals surface area contributed by atoms with Crippen LogP contribution in [-0.4, -0.2) is 50.1 Å². The zero-order valence-corrected chi connectivity index (χ0v) is 18.8. The highest BCUT2D eigenvalue weighted by molar-refractivity contribution is 5.81. The van der Waals surface area contributed by atoms with Gasteiger partial charge in [-0.05, 0) is 55.2 Å². The molecule has 1 heterocycles. The van der Waals surface area contributed by atoms with Crippen LogP contribution in [0.1, 0.15) is 30.9 Å². The molecular formula is C25H32N2O5. The van der Waals surface area contributed by atoms with Crippen LogP contribution in [0.2, 0.25) is 0 Å². The van der Waals surface area contributed by atoms with Gasteiger partial charge in [0.2, 0.25) is 5.91 Å². The largest absolute Gasteiger partial charge is 0.497 e. The zero-order chi connectivity index (χ0) is 22.8. The molecule has 3 rings (SSSR count). The first-order valence-electron chi connectivity index (χ1n) is 11.1. The van der Waals surface area contributed by atoms with Crippen molar-refractivity contribution < 1.29 is 23.8 Å². The number of ether oxygens (including phenoxy) is 3. The van der Waals surface area contributed by atoms with Crippen molar-refractivity contribution in [2.75, 3.05) is 38.7 Å². The molecule has 1 amide bonds. The molecule has 0 saturated carbocycles. The fourth-order valence-corrected chi connectivity index (χ4v) is 3.69. The lowest BCUT2D eigenvalue weighted by Crippen LogP contribution is -2.43. The highest BCUT2D eigenvalue weighted by Gasteiger charge is 2.27. The van der Waals surface area contributed by atoms with Crippen LogP contribution < -0.4 is 10.1 Å². The van der Waals surface area contributed by atoms with E-state index in [-0.39, 0.29) is 24.3 Å². The number of carbonyl (C=O) groups excluding carboxylic acids is 2. The number of nitrogens with zero attached hydrogens (tertiary/aromatic N) is 1. The molecule has 1 aliphatic rings. The molecule has 0 aromatic heterocycles. The molecule has 0 aliphatic carbocycles. The van der Waals surface area contributed by atoms with E-state index in [1.165, 1.54) is 0 Å². The number of rotatable bonds is 10. The third-order valence-electron chi connectivity index (χ3n) is 5.53. The molecular weight excluding hydrogens is 408 g/mol. The molecule has 1 aliphatic heterocycles. The van der Waals surface area contributed by atoms with Crippen LogP contribution in [0.3, 0.4) is 0 Å². The first-order valence-corrected chi connectivity index (χ1v) is 11.1. The van der Waals surface area contributed by atoms with E-state index in [9.17, 15) is 9.59 Å². The van der Waals surface area contributed by atoms with Crippen LogP contribution >= 0.6 is 0 Å². The van der Waals surface area contributed by atoms with E-state index in [0.29, 0.717) is 45.8 Å². The Bertz CT molecular complexity index is 876. The monoisotopic (exact) mass is 440 g/mol. The van der Waals surface area contributed by atoms with Gasteiger partial charge in [0.1, 0.15) is 5.75 Å². The molecule has 0 unspecified atom stereocenters. The van der Waals surface area contributed by atoms with E-state index >= 15 is 0 Å². The van der Waals surface area contributed by atoms with E-state index in [2.05, 4.69) is 5.32 Å². The maximum atomic E-state index is 12.5. The van der Waals surface area contributed by atoms with Crippen molar-refractivity contribution in [3.8, 4) is 5.75 Å². The second kappa shape index (κ2) is 12.1. The highest BCUT2D eigenvalue weighted by atomic mass is 16.5. The van der Waals surface area contributed by atoms with Gasteiger partial charge in [0.05, 0.1) is 39.4 Å². The number of methoxy groups -OCH3 is 1. The summed E-state index contributed by atoms with van der Waals surface area (Å²) in [4.78, 5) is 26.2. The molecule has 7 nitrogen and oxygen atoms in total. The average molecular weight is 441 g/mol. The molecule has 0 atom stereocenters. The molecule has 0 radical (unpaired) electrons. The molecule has 1 saturated heterocycles. The second-order valence-corrected chi connectivity index (χ2v) is 7.80. The quantitative estimate of drug-likeness (QED) is 0.569. The Kier molecular flexibility index (Phi) is 8.92. The third-order valence-corrected chi connectivity index (χ3v) is 5.53. The Balaban J connectivity index is 1.40. The van der Waals surface area contributed by atoms with E-state index in [0.717, 1.165) is 22.6 Å². The van der Waals surface area contributed by atoms with Gasteiger partial charge in [-0.25, -0.2) is 0 Å². The maximum Gasteiger partial charge on any atom is 0.309 e. The summed E-state index contributed by atoms with van der Waals surface area (Å²) in [6.07, 6.45) is 1.32. The predicted octanol–water partition coefficient (Wildman–Crippen LogP) is 3.63. The minimum Gasteiger partial charge on any atom is -0.497 e. The van der Waals surface area contributed by atoms with Crippen LogP contribution in [0.15, 0.2) is 48.5 Å². The molecule has 1 N–H and O–H groups in total. The lowest BCUT2D eigenvalue weighted by atomic mass is 9.97. The molecule has 32 heavy (non-hydrogen) atoms. The fraction of sp³-hybridized carbons (Fsp3) is 0.440. The van der Waals surface area contributed by atoms with Crippen LogP contribution in [0.25, 0.3) is 0 Å². The first kappa shape index (κ1) is 23.6. The van der Waals surface area contributed by atoms with Gasteiger partial charge >= 0.3 is 5.97 Å². The summed E-state index contributed by atoms with van der Waals surface area (Å²) in [6, 6.07) is 15.7. The summed E-state index contributed by atoms with van der Waals surface area (Å²) in [5, 5.41) is 3.20. The lowest BCUT2D eigenvalue weighted by Gasteiger charge is -2.31. The van der Waals surface area contributed by atoms with E-state index in [4.69, 9.17) is 14.2 Å². The predicted molar refractivity (Wildman–Crippen MR) is 122 cm³/mol. The number of piperidine rings is 1. The summed E-state index contributed by atoms with van der Waals surface area (Å²) in [6.45, 7) is 4.60. The van der Waals surface area contributed by atoms with E-state index < -0.39 is 0 Å². The SMILES string of the molecule is CCOC(=O)C1CCN(C(=O)CNc2cccc(COCc3ccc(OC)cc3)c2)CC1. The van der Waals surface area contributed by atoms with Gasteiger partial charge in [-0.3, -0.25) is 9.59 Å². The molecule has 0 spiro atoms. The molecule has 1 fully saturated rings. The van der Waals surface area contributed by atoms with Crippen molar-refractivity contribution in [2.45, 2.75) is 33.0 Å². The number of hydrogen-bond donors (Lipinski definition) is 1. The van der Waals surface area contributed by atoms with Crippen LogP contribution in [0, 0.1) is 5.92 Å². The van der Waals surface area contributed by atoms with Gasteiger partial charge in [0.25, 0.3) is 0 Å². The van der Waals surface area contributed by atoms with Crippen molar-refractivity contribution in [1.82, 2.24) is 4.90 Å². The number of esters is 1. The Morgan fingerprint density at radius 2 is 1.75 bits per heavy atom. The van der Waals surface area contributed by atoms with Gasteiger partial charge in [-0.2, -0.15) is 0 Å². The Labute approximate surface area is 189 Å². The van der Waals surface area contributed by atoms with Crippen LogP contribution in [0.4, 0.5) is 5.69 Å². The summed E-state index contributed by atoms with van der Waals surface area (Å²) < 4.78 is 16.1. The number of carbonyl (C=O) groups is 2. The summed E-state index contributed by atoms with van der Waals surface area (Å²) >= 11 is 0. The van der Waals surface area contributed by atoms with Crippen molar-refractivity contribution in [3.05, 3.63) is 59.7 Å². The highest BCUT2D eigenvalue weighted by Crippen LogP contribution is 2.19. The average Bonchev–Trinajstić information content (AvgIpc) is 2.83. The van der Waals surface area contributed by atoms with Gasteiger partial charge in [0.15, 0.2) is 0 Å². The van der Waals surface area contributed by atoms with Gasteiger partial charge in [-0.1, -0.05) is 24.3 Å². The van der Waals surface area contributed by atoms with Crippen molar-refractivity contribution >= 4 is 17.6 Å². The smallest absolute Gasteiger partial charge is 0.309 e. The van der Waals surface area contributed by atoms with Gasteiger partial charge in [0, 0.05) is 18.8 Å². The number of hydrogen-bond acceptors (Lipinski definition) is 6. The van der Waals surface area contributed by atoms with E-state index in [1.807, 2.05) is 60.4 Å². The normalized spacial score (nSPS) is 14.1. The number of likely N-dealkylation sites (tertiary alicyclic amines) is 1. The standard InChI is InChI=1S/C25H32N2O5/c1-3-32-25(29)21-11-13-27(14-12-21)24(28)16-26-22-6-4-5-20(15-22)18-31-17-19-7-9-23(30-2)10-8-19/h4-10,15,21,26H,3,11-14,16-18H2,1-2H3. The summed E-state index contributed by atoms with van der Waals surface area (Å²) in [7, 11) is 1.65. The van der Waals surface area contributed by atoms with Crippen LogP contribution in [-0.2, 0) is 32.3 Å². The molecule has 2 aromatic rings. The number of anilines is 1. The molecule has 0 bridgehead atoms. The fourth-order valence-electron chi connectivity index (χ4n) is 3.69. The van der Waals surface area contributed by atoms with Crippen molar-refractivity contribution in [1.29, 1.82) is 0 Å². The minimum atomic E-state index is -0.149. The Morgan fingerprint density at radius 1 is 1.03 bits per heavy atom. The Morgan fingerprint density at radius 3 is 2.44 bits per heavy atom. The maximum absolute atomic E-state index is 12.5. The second-order valence-electron chi connectivity index (χ2n) is 7.80. The van der Waals surface area contributed by atoms with Crippen molar-refractivity contribution in [2.24, 2.45) is 5.92 Å². The zero-order valence-electron chi connectivity index (χ0n) is 18.8. The van der Waals surface area contributed by atoms with Crippen molar-refractivity contribution in [3.63, 3.8) is 0 Å². The molecule has 172 valence electrons. The number of benzene rings is 2. The third kappa shape index (κ3) is 6.99. The summed E-state index contributed by atoms with van der Waals surface area (Å²) in [5.74, 6) is 0.615. The molecule has 7 heteroatoms. The first-order chi connectivity index (χ1) is 15.6. The number of amides is 1. The number of nitrogens with one attached hydrogen (secondary N) is 1. The lowest BCUT2D eigenvalue weighted by molar-refractivity contribution is -0.151. The minimum absolute atomic E-state index is 0.0356. The molecule has 2 aromatic carbocycles.